The Kier molecular flexibility index (Phi) is 25.4. The van der Waals surface area contributed by atoms with Gasteiger partial charge in [-0.3, -0.25) is 34.6 Å². The fourth-order valence-electron chi connectivity index (χ4n) is 10.1. The summed E-state index contributed by atoms with van der Waals surface area (Å²) >= 11 is 0. The van der Waals surface area contributed by atoms with Crippen LogP contribution >= 0.6 is 0 Å². The third-order valence-electron chi connectivity index (χ3n) is 14.8. The zero-order chi connectivity index (χ0) is 59.7. The Morgan fingerprint density at radius 3 is 1.88 bits per heavy atom. The lowest BCUT2D eigenvalue weighted by molar-refractivity contribution is -0.384. The van der Waals surface area contributed by atoms with E-state index in [0.717, 1.165) is 17.0 Å². The number of aliphatic hydroxyl groups excluding tert-OH is 9. The highest BCUT2D eigenvalue weighted by Crippen LogP contribution is 2.38. The van der Waals surface area contributed by atoms with Crippen LogP contribution in [-0.4, -0.2) is 188 Å². The number of imide groups is 1. The van der Waals surface area contributed by atoms with Crippen molar-refractivity contribution in [1.29, 1.82) is 0 Å². The van der Waals surface area contributed by atoms with Gasteiger partial charge in [-0.2, -0.15) is 0 Å². The van der Waals surface area contributed by atoms with Crippen molar-refractivity contribution in [3.05, 3.63) is 119 Å². The number of hydrogen-bond donors (Lipinski definition) is 12. The van der Waals surface area contributed by atoms with Crippen LogP contribution in [0.4, 0.5) is 11.4 Å². The predicted octanol–water partition coefficient (Wildman–Crippen LogP) is 1.58. The zero-order valence-corrected chi connectivity index (χ0v) is 45.6. The molecule has 0 aromatic heterocycles. The summed E-state index contributed by atoms with van der Waals surface area (Å²) < 4.78 is 23.7. The Hall–Kier alpha value is -5.68. The number of hydrogen-bond acceptors (Lipinski definition) is 21. The molecule has 1 aromatic carbocycles. The molecule has 12 N–H and O–H groups in total. The molecule has 2 bridgehead atoms. The Bertz CT molecular complexity index is 2460. The second-order valence-corrected chi connectivity index (χ2v) is 21.3. The van der Waals surface area contributed by atoms with Crippen LogP contribution in [0.5, 0.6) is 0 Å². The number of allylic oxidation sites excluding steroid dienone is 12. The molecule has 2 amide bonds. The molecule has 24 nitrogen and oxygen atoms in total. The highest BCUT2D eigenvalue weighted by Gasteiger charge is 2.52. The Morgan fingerprint density at radius 2 is 1.28 bits per heavy atom. The summed E-state index contributed by atoms with van der Waals surface area (Å²) in [7, 11) is 0. The Balaban J connectivity index is 1.38. The van der Waals surface area contributed by atoms with E-state index in [9.17, 15) is 85.5 Å². The van der Waals surface area contributed by atoms with Crippen LogP contribution in [0, 0.1) is 27.9 Å². The van der Waals surface area contributed by atoms with Crippen LogP contribution in [0.1, 0.15) is 85.5 Å². The highest BCUT2D eigenvalue weighted by molar-refractivity contribution is 6.22. The third kappa shape index (κ3) is 19.5. The van der Waals surface area contributed by atoms with Crippen molar-refractivity contribution < 1.29 is 99.2 Å². The van der Waals surface area contributed by atoms with Gasteiger partial charge in [-0.05, 0) is 45.2 Å². The van der Waals surface area contributed by atoms with Crippen molar-refractivity contribution in [2.24, 2.45) is 17.8 Å². The number of ether oxygens (including phenoxy) is 4. The second-order valence-electron chi connectivity index (χ2n) is 21.3. The molecule has 81 heavy (non-hydrogen) atoms. The number of cyclic esters (lactones) is 1. The molecule has 0 aliphatic carbocycles. The van der Waals surface area contributed by atoms with Gasteiger partial charge >= 0.3 is 11.9 Å². The van der Waals surface area contributed by atoms with Crippen LogP contribution in [0.15, 0.2) is 109 Å². The minimum atomic E-state index is -2.44. The molecule has 3 saturated heterocycles. The number of rotatable bonds is 7. The summed E-state index contributed by atoms with van der Waals surface area (Å²) in [5, 5.41) is 135. The summed E-state index contributed by atoms with van der Waals surface area (Å²) in [6, 6.07) is 2.03. The SMILES string of the molecule is C[C@@H]1[C@H](O)[C@@H](C)/C=C/C=C/C=C/C=C/C=C/C=C/C=C/[C@H](O[C@@H]2O[C@@H](C)[C@@H](O)[C@H](NC3CC(=O)N(c4ccc([N+](=O)[O-])cc4)C3=O)[C@@H]2O)C[C@@H]2O[C@](O)(C[C@@H](O)C[C@@H](O)[C@H](O)CC[C@@H](O)C[C@@H](O)CC(=O)O[C@H]1C)C[C@H](O)[C@H]2C(=O)O. The number of carboxylic acids is 1. The van der Waals surface area contributed by atoms with E-state index < -0.39 is 183 Å². The number of amides is 2. The van der Waals surface area contributed by atoms with Gasteiger partial charge in [0.25, 0.3) is 11.6 Å². The highest BCUT2D eigenvalue weighted by atomic mass is 16.7. The van der Waals surface area contributed by atoms with Gasteiger partial charge in [-0.25, -0.2) is 4.90 Å². The van der Waals surface area contributed by atoms with Gasteiger partial charge in [-0.15, -0.1) is 0 Å². The summed E-state index contributed by atoms with van der Waals surface area (Å²) in [4.78, 5) is 63.6. The lowest BCUT2D eigenvalue weighted by Gasteiger charge is -2.45. The quantitative estimate of drug-likeness (QED) is 0.0798. The first-order valence-electron chi connectivity index (χ1n) is 27.1. The van der Waals surface area contributed by atoms with Gasteiger partial charge in [0.1, 0.15) is 18.1 Å². The number of non-ortho nitro benzene ring substituents is 1. The van der Waals surface area contributed by atoms with E-state index in [2.05, 4.69) is 5.32 Å². The fourth-order valence-corrected chi connectivity index (χ4v) is 10.1. The molecule has 3 fully saturated rings. The third-order valence-corrected chi connectivity index (χ3v) is 14.8. The second kappa shape index (κ2) is 31.1. The number of carbonyl (C=O) groups excluding carboxylic acids is 3. The summed E-state index contributed by atoms with van der Waals surface area (Å²) in [6.45, 7) is 6.61. The number of aliphatic hydroxyl groups is 10. The van der Waals surface area contributed by atoms with E-state index in [1.165, 1.54) is 31.2 Å². The van der Waals surface area contributed by atoms with E-state index in [-0.39, 0.29) is 36.6 Å². The van der Waals surface area contributed by atoms with Crippen molar-refractivity contribution in [3.63, 3.8) is 0 Å². The maximum Gasteiger partial charge on any atom is 0.311 e. The molecule has 4 aliphatic rings. The molecule has 4 aliphatic heterocycles. The number of anilines is 1. The summed E-state index contributed by atoms with van der Waals surface area (Å²) in [5.74, 6) is -8.67. The number of carboxylic acid groups (broad SMARTS) is 1. The molecule has 24 heteroatoms. The Morgan fingerprint density at radius 1 is 0.691 bits per heavy atom. The van der Waals surface area contributed by atoms with E-state index >= 15 is 0 Å². The van der Waals surface area contributed by atoms with Gasteiger partial charge < -0.3 is 75.1 Å². The topological polar surface area (TPSA) is 386 Å². The van der Waals surface area contributed by atoms with Crippen LogP contribution in [0.25, 0.3) is 0 Å². The van der Waals surface area contributed by atoms with E-state index in [1.54, 1.807) is 86.8 Å². The van der Waals surface area contributed by atoms with Crippen molar-refractivity contribution in [1.82, 2.24) is 5.32 Å². The molecule has 0 spiro atoms. The number of benzene rings is 1. The number of esters is 1. The lowest BCUT2D eigenvalue weighted by atomic mass is 9.82. The molecule has 20 atom stereocenters. The van der Waals surface area contributed by atoms with Gasteiger partial charge in [-0.1, -0.05) is 98.9 Å². The fraction of sp³-hybridized carbons (Fsp3) is 0.579. The average molecular weight is 1140 g/mol. The number of nitrogens with one attached hydrogen (secondary N) is 1. The smallest absolute Gasteiger partial charge is 0.311 e. The number of nitro benzene ring substituents is 1. The number of nitrogens with zero attached hydrogens (tertiary/aromatic N) is 2. The molecule has 1 aromatic rings. The van der Waals surface area contributed by atoms with Crippen molar-refractivity contribution in [2.75, 3.05) is 4.90 Å². The van der Waals surface area contributed by atoms with Gasteiger partial charge in [0, 0.05) is 49.7 Å². The summed E-state index contributed by atoms with van der Waals surface area (Å²) in [6.07, 6.45) is 0.0895. The average Bonchev–Trinajstić information content (AvgIpc) is 3.67. The maximum absolute atomic E-state index is 13.6. The van der Waals surface area contributed by atoms with E-state index in [4.69, 9.17) is 18.9 Å². The van der Waals surface area contributed by atoms with Crippen molar-refractivity contribution in [3.8, 4) is 0 Å². The van der Waals surface area contributed by atoms with E-state index in [0.29, 0.717) is 0 Å². The van der Waals surface area contributed by atoms with Crippen molar-refractivity contribution >= 4 is 35.1 Å². The normalized spacial score (nSPS) is 40.7. The molecule has 5 rings (SSSR count). The van der Waals surface area contributed by atoms with Crippen molar-refractivity contribution in [2.45, 2.75) is 189 Å². The largest absolute Gasteiger partial charge is 0.481 e. The van der Waals surface area contributed by atoms with Crippen LogP contribution in [0.2, 0.25) is 0 Å². The molecular weight excluding hydrogens is 1060 g/mol. The van der Waals surface area contributed by atoms with Crippen LogP contribution in [0.3, 0.4) is 0 Å². The number of carbonyl (C=O) groups is 4. The molecular formula is C57H79N3O21. The molecule has 448 valence electrons. The lowest BCUT2D eigenvalue weighted by Crippen LogP contribution is -2.65. The maximum atomic E-state index is 13.6. The van der Waals surface area contributed by atoms with Gasteiger partial charge in [0.05, 0.1) is 103 Å². The number of fused-ring (bicyclic) bond motifs is 2. The van der Waals surface area contributed by atoms with Gasteiger partial charge in [0.15, 0.2) is 12.1 Å². The van der Waals surface area contributed by atoms with Gasteiger partial charge in [0.2, 0.25) is 5.91 Å². The number of nitro groups is 1. The van der Waals surface area contributed by atoms with E-state index in [1.807, 2.05) is 6.92 Å². The molecule has 0 radical (unpaired) electrons. The monoisotopic (exact) mass is 1140 g/mol. The first kappa shape index (κ1) is 66.1. The first-order chi connectivity index (χ1) is 38.3. The molecule has 4 heterocycles. The standard InChI is InChI=1S/C57H79N3O21/c1-32-17-15-13-11-9-7-5-6-8-10-12-14-16-18-41(80-56-53(71)50(52(70)35(4)79-56)58-42-29-47(67)59(54(42)72)36-19-21-37(22-20-36)60(76)77)28-46-49(55(73)74)45(66)31-57(75,81-46)30-40(63)26-44(65)43(64)24-23-38(61)25-39(62)27-48(68)78-34(3)33(2)51(32)69/h5-22,32-35,38-46,49-53,56,58,61-66,69-71,75H,23-31H2,1-4H3,(H,73,74)/b6-5+,9-7+,10-8+,13-11+,14-12+,17-15+,18-16+/t32-,33-,34-,35-,38+,39+,40-,41-,42?,43+,44+,45-,46-,49+,50-,51+,52+,53-,56-,57+/m0/s1. The van der Waals surface area contributed by atoms with Crippen LogP contribution in [-0.2, 0) is 38.1 Å². The summed E-state index contributed by atoms with van der Waals surface area (Å²) in [5.41, 5.74) is -0.219. The Labute approximate surface area is 469 Å². The molecule has 1 unspecified atom stereocenters. The number of aliphatic carboxylic acids is 1. The zero-order valence-electron chi connectivity index (χ0n) is 45.6. The molecule has 0 saturated carbocycles. The first-order valence-corrected chi connectivity index (χ1v) is 27.1. The predicted molar refractivity (Wildman–Crippen MR) is 290 cm³/mol. The minimum Gasteiger partial charge on any atom is -0.481 e. The minimum absolute atomic E-state index is 0.0549. The van der Waals surface area contributed by atoms with Crippen LogP contribution < -0.4 is 10.2 Å².